The van der Waals surface area contributed by atoms with Crippen molar-refractivity contribution in [3.05, 3.63) is 69.7 Å². The zero-order valence-corrected chi connectivity index (χ0v) is 13.9. The fourth-order valence-corrected chi connectivity index (χ4v) is 3.33. The quantitative estimate of drug-likeness (QED) is 0.881. The Morgan fingerprint density at radius 3 is 2.95 bits per heavy atom. The highest BCUT2D eigenvalue weighted by Gasteiger charge is 2.19. The molecule has 0 spiro atoms. The number of carbonyl (C=O) groups excluding carboxylic acids is 1. The molecule has 0 aromatic heterocycles. The van der Waals surface area contributed by atoms with Crippen LogP contribution in [0, 0.1) is 0 Å². The lowest BCUT2D eigenvalue weighted by atomic mass is 9.94. The summed E-state index contributed by atoms with van der Waals surface area (Å²) in [6.45, 7) is 1.59. The number of fused-ring (bicyclic) bond motifs is 1. The summed E-state index contributed by atoms with van der Waals surface area (Å²) in [5.74, 6) is 0.0583. The molecule has 1 heterocycles. The summed E-state index contributed by atoms with van der Waals surface area (Å²) in [7, 11) is 0. The summed E-state index contributed by atoms with van der Waals surface area (Å²) < 4.78 is 1.00. The minimum absolute atomic E-state index is 0.0583. The van der Waals surface area contributed by atoms with Crippen LogP contribution in [0.5, 0.6) is 0 Å². The molecule has 0 saturated carbocycles. The van der Waals surface area contributed by atoms with E-state index in [4.69, 9.17) is 0 Å². The Bertz CT molecular complexity index is 672. The first-order valence-electron chi connectivity index (χ1n) is 7.55. The van der Waals surface area contributed by atoms with Crippen molar-refractivity contribution in [2.45, 2.75) is 18.9 Å². The Hall–Kier alpha value is -1.65. The van der Waals surface area contributed by atoms with E-state index in [1.54, 1.807) is 0 Å². The molecule has 1 amide bonds. The predicted molar refractivity (Wildman–Crippen MR) is 91.7 cm³/mol. The number of benzene rings is 2. The van der Waals surface area contributed by atoms with Crippen LogP contribution in [0.1, 0.15) is 22.7 Å². The van der Waals surface area contributed by atoms with Gasteiger partial charge in [-0.2, -0.15) is 0 Å². The summed E-state index contributed by atoms with van der Waals surface area (Å²) in [6, 6.07) is 16.5. The highest BCUT2D eigenvalue weighted by Crippen LogP contribution is 2.21. The zero-order valence-electron chi connectivity index (χ0n) is 12.3. The summed E-state index contributed by atoms with van der Waals surface area (Å²) in [6.07, 6.45) is 1.46. The predicted octanol–water partition coefficient (Wildman–Crippen LogP) is 2.99. The summed E-state index contributed by atoms with van der Waals surface area (Å²) in [5, 5.41) is 6.53. The number of rotatable bonds is 4. The third-order valence-electron chi connectivity index (χ3n) is 3.97. The molecule has 1 unspecified atom stereocenters. The van der Waals surface area contributed by atoms with Crippen molar-refractivity contribution in [2.24, 2.45) is 0 Å². The second-order valence-electron chi connectivity index (χ2n) is 5.57. The van der Waals surface area contributed by atoms with Gasteiger partial charge in [0.05, 0.1) is 6.42 Å². The lowest BCUT2D eigenvalue weighted by Gasteiger charge is -2.27. The molecule has 1 aliphatic rings. The molecule has 0 radical (unpaired) electrons. The van der Waals surface area contributed by atoms with Crippen LogP contribution >= 0.6 is 15.9 Å². The molecular weight excluding hydrogens is 340 g/mol. The smallest absolute Gasteiger partial charge is 0.224 e. The maximum absolute atomic E-state index is 12.1. The molecule has 114 valence electrons. The van der Waals surface area contributed by atoms with Gasteiger partial charge in [-0.15, -0.1) is 0 Å². The molecule has 0 saturated heterocycles. The van der Waals surface area contributed by atoms with Crippen LogP contribution in [0.3, 0.4) is 0 Å². The minimum atomic E-state index is 0.0583. The van der Waals surface area contributed by atoms with Gasteiger partial charge in [0.25, 0.3) is 0 Å². The normalized spacial score (nSPS) is 16.9. The van der Waals surface area contributed by atoms with Crippen LogP contribution in [-0.2, 0) is 17.6 Å². The van der Waals surface area contributed by atoms with Crippen LogP contribution in [0.25, 0.3) is 0 Å². The van der Waals surface area contributed by atoms with Crippen molar-refractivity contribution < 1.29 is 4.79 Å². The average Bonchev–Trinajstić information content (AvgIpc) is 2.53. The molecule has 2 aromatic carbocycles. The molecule has 3 nitrogen and oxygen atoms in total. The van der Waals surface area contributed by atoms with Gasteiger partial charge in [-0.3, -0.25) is 4.79 Å². The van der Waals surface area contributed by atoms with Gasteiger partial charge in [0.2, 0.25) is 5.91 Å². The molecule has 0 fully saturated rings. The van der Waals surface area contributed by atoms with Crippen LogP contribution in [0.4, 0.5) is 0 Å². The van der Waals surface area contributed by atoms with E-state index in [-0.39, 0.29) is 11.9 Å². The third kappa shape index (κ3) is 3.76. The molecule has 0 bridgehead atoms. The second kappa shape index (κ2) is 7.07. The maximum Gasteiger partial charge on any atom is 0.224 e. The van der Waals surface area contributed by atoms with Crippen LogP contribution < -0.4 is 10.6 Å². The minimum Gasteiger partial charge on any atom is -0.354 e. The molecule has 0 aliphatic carbocycles. The Kier molecular flexibility index (Phi) is 4.90. The third-order valence-corrected chi connectivity index (χ3v) is 4.47. The fourth-order valence-electron chi connectivity index (χ4n) is 2.89. The van der Waals surface area contributed by atoms with Gasteiger partial charge in [-0.05, 0) is 41.8 Å². The number of hydrogen-bond acceptors (Lipinski definition) is 2. The van der Waals surface area contributed by atoms with Crippen LogP contribution in [-0.4, -0.2) is 19.0 Å². The van der Waals surface area contributed by atoms with Gasteiger partial charge in [-0.25, -0.2) is 0 Å². The van der Waals surface area contributed by atoms with Crippen molar-refractivity contribution in [3.63, 3.8) is 0 Å². The van der Waals surface area contributed by atoms with E-state index in [9.17, 15) is 4.79 Å². The summed E-state index contributed by atoms with van der Waals surface area (Å²) in [4.78, 5) is 12.1. The number of amides is 1. The van der Waals surface area contributed by atoms with E-state index in [0.29, 0.717) is 13.0 Å². The number of carbonyl (C=O) groups is 1. The zero-order chi connectivity index (χ0) is 15.4. The van der Waals surface area contributed by atoms with Gasteiger partial charge >= 0.3 is 0 Å². The molecule has 1 atom stereocenters. The molecule has 2 aromatic rings. The van der Waals surface area contributed by atoms with Crippen molar-refractivity contribution in [3.8, 4) is 0 Å². The van der Waals surface area contributed by atoms with E-state index in [1.807, 2.05) is 24.3 Å². The molecule has 3 rings (SSSR count). The van der Waals surface area contributed by atoms with Crippen molar-refractivity contribution in [1.82, 2.24) is 10.6 Å². The first-order valence-corrected chi connectivity index (χ1v) is 8.34. The van der Waals surface area contributed by atoms with Gasteiger partial charge in [0, 0.05) is 17.1 Å². The Morgan fingerprint density at radius 2 is 2.09 bits per heavy atom. The van der Waals surface area contributed by atoms with E-state index in [1.165, 1.54) is 11.1 Å². The standard InChI is InChI=1S/C18H19BrN2O/c19-15-6-3-4-13(10-15)11-18(22)21-12-17-16-7-2-1-5-14(16)8-9-20-17/h1-7,10,17,20H,8-9,11-12H2,(H,21,22). The number of hydrogen-bond donors (Lipinski definition) is 2. The van der Waals surface area contributed by atoms with Crippen molar-refractivity contribution in [1.29, 1.82) is 0 Å². The van der Waals surface area contributed by atoms with E-state index >= 15 is 0 Å². The first-order chi connectivity index (χ1) is 10.7. The highest BCUT2D eigenvalue weighted by atomic mass is 79.9. The Balaban J connectivity index is 1.58. The Labute approximate surface area is 139 Å². The van der Waals surface area contributed by atoms with Crippen molar-refractivity contribution in [2.75, 3.05) is 13.1 Å². The SMILES string of the molecule is O=C(Cc1cccc(Br)c1)NCC1NCCc2ccccc21. The van der Waals surface area contributed by atoms with E-state index in [0.717, 1.165) is 23.0 Å². The topological polar surface area (TPSA) is 41.1 Å². The van der Waals surface area contributed by atoms with Gasteiger partial charge in [0.15, 0.2) is 0 Å². The molecular formula is C18H19BrN2O. The van der Waals surface area contributed by atoms with Gasteiger partial charge < -0.3 is 10.6 Å². The molecule has 1 aliphatic heterocycles. The number of halogens is 1. The monoisotopic (exact) mass is 358 g/mol. The largest absolute Gasteiger partial charge is 0.354 e. The van der Waals surface area contributed by atoms with Crippen molar-refractivity contribution >= 4 is 21.8 Å². The lowest BCUT2D eigenvalue weighted by Crippen LogP contribution is -2.39. The van der Waals surface area contributed by atoms with E-state index in [2.05, 4.69) is 50.8 Å². The van der Waals surface area contributed by atoms with Gasteiger partial charge in [0.1, 0.15) is 0 Å². The summed E-state index contributed by atoms with van der Waals surface area (Å²) >= 11 is 3.43. The lowest BCUT2D eigenvalue weighted by molar-refractivity contribution is -0.120. The fraction of sp³-hybridized carbons (Fsp3) is 0.278. The maximum atomic E-state index is 12.1. The molecule has 2 N–H and O–H groups in total. The van der Waals surface area contributed by atoms with Gasteiger partial charge in [-0.1, -0.05) is 52.3 Å². The molecule has 22 heavy (non-hydrogen) atoms. The van der Waals surface area contributed by atoms with Crippen LogP contribution in [0.2, 0.25) is 0 Å². The Morgan fingerprint density at radius 1 is 1.23 bits per heavy atom. The first kappa shape index (κ1) is 15.3. The second-order valence-corrected chi connectivity index (χ2v) is 6.48. The molecule has 4 heteroatoms. The summed E-state index contributed by atoms with van der Waals surface area (Å²) in [5.41, 5.74) is 3.70. The highest BCUT2D eigenvalue weighted by molar-refractivity contribution is 9.10. The number of nitrogens with one attached hydrogen (secondary N) is 2. The average molecular weight is 359 g/mol. The van der Waals surface area contributed by atoms with E-state index < -0.39 is 0 Å². The van der Waals surface area contributed by atoms with Crippen LogP contribution in [0.15, 0.2) is 53.0 Å².